The molecule has 0 atom stereocenters. The van der Waals surface area contributed by atoms with E-state index in [1.165, 1.54) is 12.8 Å². The second kappa shape index (κ2) is 7.41. The first-order valence-corrected chi connectivity index (χ1v) is 9.03. The first kappa shape index (κ1) is 15.8. The van der Waals surface area contributed by atoms with Crippen LogP contribution in [0.25, 0.3) is 0 Å². The lowest BCUT2D eigenvalue weighted by Crippen LogP contribution is -2.26. The van der Waals surface area contributed by atoms with Crippen molar-refractivity contribution in [2.45, 2.75) is 38.3 Å². The van der Waals surface area contributed by atoms with Gasteiger partial charge in [-0.1, -0.05) is 23.7 Å². The van der Waals surface area contributed by atoms with Crippen LogP contribution in [0.1, 0.15) is 31.2 Å². The van der Waals surface area contributed by atoms with Crippen LogP contribution < -0.4 is 10.0 Å². The molecule has 6 heteroatoms. The summed E-state index contributed by atoms with van der Waals surface area (Å²) in [7, 11) is -3.19. The number of halogens is 1. The molecule has 1 aromatic rings. The predicted octanol–water partition coefficient (Wildman–Crippen LogP) is 2.29. The summed E-state index contributed by atoms with van der Waals surface area (Å²) < 4.78 is 26.3. The van der Waals surface area contributed by atoms with E-state index >= 15 is 0 Å². The molecule has 2 rings (SSSR count). The van der Waals surface area contributed by atoms with Crippen LogP contribution in [0.15, 0.2) is 24.3 Å². The highest BCUT2D eigenvalue weighted by molar-refractivity contribution is 7.89. The minimum atomic E-state index is -3.19. The molecular weight excluding hydrogens is 296 g/mol. The minimum Gasteiger partial charge on any atom is -0.314 e. The average Bonchev–Trinajstić information content (AvgIpc) is 3.22. The van der Waals surface area contributed by atoms with E-state index < -0.39 is 10.0 Å². The maximum atomic E-state index is 11.8. The van der Waals surface area contributed by atoms with Gasteiger partial charge in [-0.15, -0.1) is 0 Å². The van der Waals surface area contributed by atoms with Crippen molar-refractivity contribution < 1.29 is 8.42 Å². The molecule has 4 nitrogen and oxygen atoms in total. The van der Waals surface area contributed by atoms with E-state index in [0.29, 0.717) is 24.0 Å². The van der Waals surface area contributed by atoms with Gasteiger partial charge in [-0.2, -0.15) is 0 Å². The van der Waals surface area contributed by atoms with E-state index in [2.05, 4.69) is 10.0 Å². The van der Waals surface area contributed by atoms with Crippen molar-refractivity contribution in [3.63, 3.8) is 0 Å². The van der Waals surface area contributed by atoms with Crippen LogP contribution >= 0.6 is 11.6 Å². The number of hydrogen-bond donors (Lipinski definition) is 2. The van der Waals surface area contributed by atoms with Gasteiger partial charge in [0.1, 0.15) is 0 Å². The van der Waals surface area contributed by atoms with Gasteiger partial charge < -0.3 is 5.32 Å². The molecule has 0 saturated heterocycles. The summed E-state index contributed by atoms with van der Waals surface area (Å²) in [6, 6.07) is 7.85. The number of hydrogen-bond acceptors (Lipinski definition) is 3. The maximum absolute atomic E-state index is 11.8. The van der Waals surface area contributed by atoms with Crippen molar-refractivity contribution in [1.29, 1.82) is 0 Å². The SMILES string of the molecule is O=S(=O)(CCCCNC1CC1)NCc1ccc(Cl)cc1. The van der Waals surface area contributed by atoms with Crippen LogP contribution in [0.5, 0.6) is 0 Å². The van der Waals surface area contributed by atoms with Gasteiger partial charge in [0.2, 0.25) is 10.0 Å². The van der Waals surface area contributed by atoms with Crippen molar-refractivity contribution in [3.8, 4) is 0 Å². The largest absolute Gasteiger partial charge is 0.314 e. The molecule has 0 bridgehead atoms. The Labute approximate surface area is 126 Å². The van der Waals surface area contributed by atoms with Crippen LogP contribution in [-0.4, -0.2) is 26.8 Å². The van der Waals surface area contributed by atoms with Crippen molar-refractivity contribution in [1.82, 2.24) is 10.0 Å². The molecular formula is C14H21ClN2O2S. The molecule has 0 heterocycles. The fourth-order valence-corrected chi connectivity index (χ4v) is 3.12. The van der Waals surface area contributed by atoms with Gasteiger partial charge in [-0.25, -0.2) is 13.1 Å². The second-order valence-electron chi connectivity index (χ2n) is 5.20. The van der Waals surface area contributed by atoms with Crippen molar-refractivity contribution in [2.75, 3.05) is 12.3 Å². The molecule has 1 aliphatic carbocycles. The summed E-state index contributed by atoms with van der Waals surface area (Å²) >= 11 is 5.78. The Kier molecular flexibility index (Phi) is 5.84. The number of unbranched alkanes of at least 4 members (excludes halogenated alkanes) is 1. The van der Waals surface area contributed by atoms with Crippen LogP contribution in [0.4, 0.5) is 0 Å². The molecule has 0 amide bonds. The van der Waals surface area contributed by atoms with Gasteiger partial charge in [0.25, 0.3) is 0 Å². The van der Waals surface area contributed by atoms with Crippen LogP contribution in [0, 0.1) is 0 Å². The molecule has 1 aliphatic rings. The van der Waals surface area contributed by atoms with E-state index in [0.717, 1.165) is 18.5 Å². The van der Waals surface area contributed by atoms with Gasteiger partial charge in [0.15, 0.2) is 0 Å². The molecule has 1 saturated carbocycles. The van der Waals surface area contributed by atoms with Gasteiger partial charge in [0, 0.05) is 17.6 Å². The number of rotatable bonds is 9. The van der Waals surface area contributed by atoms with Crippen molar-refractivity contribution in [3.05, 3.63) is 34.9 Å². The lowest BCUT2D eigenvalue weighted by atomic mass is 10.2. The smallest absolute Gasteiger partial charge is 0.211 e. The summed E-state index contributed by atoms with van der Waals surface area (Å²) in [4.78, 5) is 0. The van der Waals surface area contributed by atoms with Gasteiger partial charge >= 0.3 is 0 Å². The molecule has 0 aromatic heterocycles. The number of nitrogens with one attached hydrogen (secondary N) is 2. The zero-order chi connectivity index (χ0) is 14.4. The highest BCUT2D eigenvalue weighted by Crippen LogP contribution is 2.18. The Morgan fingerprint density at radius 2 is 1.85 bits per heavy atom. The van der Waals surface area contributed by atoms with E-state index in [1.807, 2.05) is 12.1 Å². The standard InChI is InChI=1S/C14H21ClN2O2S/c15-13-5-3-12(4-6-13)11-17-20(18,19)10-2-1-9-16-14-7-8-14/h3-6,14,16-17H,1-2,7-11H2. The fourth-order valence-electron chi connectivity index (χ4n) is 1.88. The predicted molar refractivity (Wildman–Crippen MR) is 82.3 cm³/mol. The third-order valence-electron chi connectivity index (χ3n) is 3.26. The topological polar surface area (TPSA) is 58.2 Å². The van der Waals surface area contributed by atoms with Gasteiger partial charge in [0.05, 0.1) is 5.75 Å². The van der Waals surface area contributed by atoms with Crippen LogP contribution in [0.3, 0.4) is 0 Å². The Hall–Kier alpha value is -0.620. The number of sulfonamides is 1. The van der Waals surface area contributed by atoms with Gasteiger partial charge in [-0.05, 0) is 49.9 Å². The summed E-state index contributed by atoms with van der Waals surface area (Å²) in [6.07, 6.45) is 4.12. The van der Waals surface area contributed by atoms with Gasteiger partial charge in [-0.3, -0.25) is 0 Å². The van der Waals surface area contributed by atoms with Crippen molar-refractivity contribution in [2.24, 2.45) is 0 Å². The minimum absolute atomic E-state index is 0.187. The average molecular weight is 317 g/mol. The zero-order valence-corrected chi connectivity index (χ0v) is 13.0. The van der Waals surface area contributed by atoms with E-state index in [-0.39, 0.29) is 5.75 Å². The Morgan fingerprint density at radius 3 is 2.50 bits per heavy atom. The Bertz CT molecular complexity index is 512. The summed E-state index contributed by atoms with van der Waals surface area (Å²) in [5.74, 6) is 0.187. The molecule has 112 valence electrons. The van der Waals surface area contributed by atoms with Crippen LogP contribution in [-0.2, 0) is 16.6 Å². The molecule has 2 N–H and O–H groups in total. The van der Waals surface area contributed by atoms with E-state index in [4.69, 9.17) is 11.6 Å². The monoisotopic (exact) mass is 316 g/mol. The molecule has 0 radical (unpaired) electrons. The zero-order valence-electron chi connectivity index (χ0n) is 11.4. The highest BCUT2D eigenvalue weighted by atomic mass is 35.5. The molecule has 1 fully saturated rings. The fraction of sp³-hybridized carbons (Fsp3) is 0.571. The lowest BCUT2D eigenvalue weighted by Gasteiger charge is -2.07. The molecule has 0 spiro atoms. The Morgan fingerprint density at radius 1 is 1.15 bits per heavy atom. The first-order chi connectivity index (χ1) is 9.55. The molecule has 0 aliphatic heterocycles. The Balaban J connectivity index is 1.63. The van der Waals surface area contributed by atoms with Crippen molar-refractivity contribution >= 4 is 21.6 Å². The second-order valence-corrected chi connectivity index (χ2v) is 7.56. The van der Waals surface area contributed by atoms with E-state index in [9.17, 15) is 8.42 Å². The number of benzene rings is 1. The molecule has 20 heavy (non-hydrogen) atoms. The third-order valence-corrected chi connectivity index (χ3v) is 4.92. The highest BCUT2D eigenvalue weighted by Gasteiger charge is 2.19. The quantitative estimate of drug-likeness (QED) is 0.687. The van der Waals surface area contributed by atoms with E-state index in [1.54, 1.807) is 12.1 Å². The lowest BCUT2D eigenvalue weighted by molar-refractivity contribution is 0.573. The summed E-state index contributed by atoms with van der Waals surface area (Å²) in [5, 5.41) is 4.03. The van der Waals surface area contributed by atoms with Crippen LogP contribution in [0.2, 0.25) is 5.02 Å². The summed E-state index contributed by atoms with van der Waals surface area (Å²) in [5.41, 5.74) is 0.911. The molecule has 1 aromatic carbocycles. The normalized spacial score (nSPS) is 15.4. The maximum Gasteiger partial charge on any atom is 0.211 e. The molecule has 0 unspecified atom stereocenters. The first-order valence-electron chi connectivity index (χ1n) is 7.00. The summed E-state index contributed by atoms with van der Waals surface area (Å²) in [6.45, 7) is 1.23. The third kappa shape index (κ3) is 6.22.